The number of hydrogen-bond donors (Lipinski definition) is 2. The van der Waals surface area contributed by atoms with Crippen LogP contribution < -0.4 is 9.46 Å². The van der Waals surface area contributed by atoms with Gasteiger partial charge in [0.15, 0.2) is 5.03 Å². The smallest absolute Gasteiger partial charge is 0.280 e. The summed E-state index contributed by atoms with van der Waals surface area (Å²) >= 11 is 0. The predicted molar refractivity (Wildman–Crippen MR) is 174 cm³/mol. The number of fused-ring (bicyclic) bond motifs is 1. The number of imidazole rings is 1. The Morgan fingerprint density at radius 2 is 1.91 bits per heavy atom. The third-order valence-corrected chi connectivity index (χ3v) is 9.31. The first-order valence-corrected chi connectivity index (χ1v) is 17.0. The number of aryl methyl sites for hydroxylation is 1. The van der Waals surface area contributed by atoms with Crippen molar-refractivity contribution in [1.82, 2.24) is 19.4 Å². The highest BCUT2D eigenvalue weighted by Gasteiger charge is 2.31. The van der Waals surface area contributed by atoms with E-state index in [-0.39, 0.29) is 46.9 Å². The van der Waals surface area contributed by atoms with Crippen LogP contribution in [-0.4, -0.2) is 90.4 Å². The molecule has 2 N–H and O–H groups in total. The Labute approximate surface area is 267 Å². The van der Waals surface area contributed by atoms with Crippen molar-refractivity contribution >= 4 is 21.6 Å². The van der Waals surface area contributed by atoms with Crippen LogP contribution in [0, 0.1) is 5.92 Å². The van der Waals surface area contributed by atoms with E-state index >= 15 is 0 Å². The van der Waals surface area contributed by atoms with Crippen LogP contribution in [0.15, 0.2) is 66.1 Å². The molecule has 2 aromatic carbocycles. The molecule has 0 unspecified atom stereocenters. The minimum absolute atomic E-state index is 0.0711. The lowest BCUT2D eigenvalue weighted by Crippen LogP contribution is -2.47. The van der Waals surface area contributed by atoms with Gasteiger partial charge in [-0.2, -0.15) is 8.42 Å². The highest BCUT2D eigenvalue weighted by Crippen LogP contribution is 2.29. The number of ether oxygens (including phenoxy) is 2. The fraction of sp³-hybridized carbons (Fsp3) is 0.515. The van der Waals surface area contributed by atoms with Gasteiger partial charge < -0.3 is 24.0 Å². The van der Waals surface area contributed by atoms with Gasteiger partial charge in [-0.05, 0) is 63.9 Å². The Hall–Kier alpha value is -3.45. The summed E-state index contributed by atoms with van der Waals surface area (Å²) in [6.45, 7) is 7.93. The maximum Gasteiger partial charge on any atom is 0.280 e. The van der Waals surface area contributed by atoms with Gasteiger partial charge in [-0.3, -0.25) is 14.4 Å². The predicted octanol–water partition coefficient (Wildman–Crippen LogP) is 4.15. The normalized spacial score (nSPS) is 21.1. The molecule has 1 aliphatic rings. The second kappa shape index (κ2) is 15.7. The van der Waals surface area contributed by atoms with Crippen molar-refractivity contribution < 1.29 is 27.8 Å². The van der Waals surface area contributed by atoms with Crippen LogP contribution in [0.2, 0.25) is 0 Å². The second-order valence-corrected chi connectivity index (χ2v) is 13.8. The van der Waals surface area contributed by atoms with E-state index in [1.165, 1.54) is 24.2 Å². The minimum atomic E-state index is -3.99. The van der Waals surface area contributed by atoms with Crippen molar-refractivity contribution in [1.29, 1.82) is 0 Å². The van der Waals surface area contributed by atoms with Gasteiger partial charge in [-0.1, -0.05) is 37.3 Å². The van der Waals surface area contributed by atoms with E-state index in [0.29, 0.717) is 25.4 Å². The Kier molecular flexibility index (Phi) is 12.0. The van der Waals surface area contributed by atoms with Crippen molar-refractivity contribution in [2.75, 3.05) is 38.1 Å². The van der Waals surface area contributed by atoms with Crippen LogP contribution in [0.1, 0.15) is 56.0 Å². The summed E-state index contributed by atoms with van der Waals surface area (Å²) in [4.78, 5) is 22.1. The Morgan fingerprint density at radius 1 is 1.16 bits per heavy atom. The van der Waals surface area contributed by atoms with Gasteiger partial charge in [-0.15, -0.1) is 0 Å². The molecule has 0 spiro atoms. The summed E-state index contributed by atoms with van der Waals surface area (Å²) in [5.41, 5.74) is 1.63. The van der Waals surface area contributed by atoms with Crippen molar-refractivity contribution in [2.24, 2.45) is 13.0 Å². The van der Waals surface area contributed by atoms with Crippen LogP contribution in [0.5, 0.6) is 5.75 Å². The molecule has 11 nitrogen and oxygen atoms in total. The fourth-order valence-electron chi connectivity index (χ4n) is 5.45. The van der Waals surface area contributed by atoms with Crippen LogP contribution in [0.25, 0.3) is 0 Å². The molecule has 1 aromatic heterocycles. The summed E-state index contributed by atoms with van der Waals surface area (Å²) < 4.78 is 42.9. The number of amides is 1. The van der Waals surface area contributed by atoms with Crippen LogP contribution in [-0.2, 0) is 28.4 Å². The maximum absolute atomic E-state index is 14.3. The molecule has 2 heterocycles. The molecule has 0 radical (unpaired) electrons. The average Bonchev–Trinajstić information content (AvgIpc) is 3.46. The summed E-state index contributed by atoms with van der Waals surface area (Å²) in [6.07, 6.45) is 4.98. The number of nitrogens with zero attached hydrogens (tertiary/aromatic N) is 4. The highest BCUT2D eigenvalue weighted by atomic mass is 32.2. The van der Waals surface area contributed by atoms with Crippen LogP contribution in [0.4, 0.5) is 5.69 Å². The molecule has 0 saturated carbocycles. The third-order valence-electron chi connectivity index (χ3n) is 8.05. The number of carbonyl (C=O) groups excluding carboxylic acids is 1. The quantitative estimate of drug-likeness (QED) is 0.357. The Morgan fingerprint density at radius 3 is 2.60 bits per heavy atom. The molecule has 0 fully saturated rings. The summed E-state index contributed by atoms with van der Waals surface area (Å²) in [5.74, 6) is -0.0697. The standard InChI is InChI=1S/C33H47N5O6S/c1-24-18-38(25(2)22-39)33(40)29-17-28(35-45(41,42)32-21-37(5)23-34-32)14-15-30(29)44-26(3)11-9-10-16-43-31(24)20-36(4)19-27-12-7-6-8-13-27/h6-8,12-15,17,21,23-26,31,35,39H,9-11,16,18-20,22H2,1-5H3/t24-,25-,26-,31+/m1/s1. The first kappa shape index (κ1) is 34.4. The molecule has 12 heteroatoms. The number of likely N-dealkylation sites (N-methyl/N-ethyl adjacent to an activating group) is 1. The van der Waals surface area contributed by atoms with E-state index in [4.69, 9.17) is 9.47 Å². The average molecular weight is 642 g/mol. The molecule has 45 heavy (non-hydrogen) atoms. The molecule has 0 bridgehead atoms. The number of carbonyl (C=O) groups is 1. The molecular weight excluding hydrogens is 594 g/mol. The summed E-state index contributed by atoms with van der Waals surface area (Å²) in [7, 11) is -0.239. The molecule has 4 atom stereocenters. The molecular formula is C33H47N5O6S. The zero-order valence-corrected chi connectivity index (χ0v) is 27.7. The lowest BCUT2D eigenvalue weighted by molar-refractivity contribution is -0.0177. The fourth-order valence-corrected chi connectivity index (χ4v) is 6.48. The zero-order chi connectivity index (χ0) is 32.6. The minimum Gasteiger partial charge on any atom is -0.490 e. The SMILES string of the molecule is C[C@@H]1CCCCO[C@@H](CN(C)Cc2ccccc2)[C@H](C)CN([C@H](C)CO)C(=O)c2cc(NS(=O)(=O)c3cn(C)cn3)ccc2O1. The van der Waals surface area contributed by atoms with Crippen molar-refractivity contribution in [3.63, 3.8) is 0 Å². The lowest BCUT2D eigenvalue weighted by Gasteiger charge is -2.36. The monoisotopic (exact) mass is 641 g/mol. The first-order valence-electron chi connectivity index (χ1n) is 15.5. The van der Waals surface area contributed by atoms with Gasteiger partial charge in [0.2, 0.25) is 0 Å². The van der Waals surface area contributed by atoms with Crippen molar-refractivity contribution in [3.05, 3.63) is 72.2 Å². The molecule has 1 aliphatic heterocycles. The molecule has 4 rings (SSSR count). The lowest BCUT2D eigenvalue weighted by atomic mass is 10.0. The van der Waals surface area contributed by atoms with Crippen LogP contribution >= 0.6 is 0 Å². The van der Waals surface area contributed by atoms with Gasteiger partial charge in [0.05, 0.1) is 36.7 Å². The van der Waals surface area contributed by atoms with Crippen molar-refractivity contribution in [3.8, 4) is 5.75 Å². The number of benzene rings is 2. The topological polar surface area (TPSA) is 126 Å². The number of aromatic nitrogens is 2. The maximum atomic E-state index is 14.3. The van der Waals surface area contributed by atoms with E-state index in [0.717, 1.165) is 25.8 Å². The van der Waals surface area contributed by atoms with E-state index in [2.05, 4.69) is 40.7 Å². The number of anilines is 1. The van der Waals surface area contributed by atoms with Gasteiger partial charge in [0.1, 0.15) is 5.75 Å². The number of sulfonamides is 1. The molecule has 246 valence electrons. The second-order valence-electron chi connectivity index (χ2n) is 12.2. The van der Waals surface area contributed by atoms with Gasteiger partial charge in [-0.25, -0.2) is 4.98 Å². The summed E-state index contributed by atoms with van der Waals surface area (Å²) in [6, 6.07) is 14.5. The highest BCUT2D eigenvalue weighted by molar-refractivity contribution is 7.92. The number of rotatable bonds is 9. The van der Waals surface area contributed by atoms with Gasteiger partial charge in [0, 0.05) is 51.1 Å². The molecule has 3 aromatic rings. The largest absolute Gasteiger partial charge is 0.490 e. The Bertz CT molecular complexity index is 1500. The van der Waals surface area contributed by atoms with E-state index in [1.54, 1.807) is 35.6 Å². The van der Waals surface area contributed by atoms with E-state index in [1.807, 2.05) is 25.1 Å². The number of nitrogens with one attached hydrogen (secondary N) is 1. The molecule has 1 amide bonds. The zero-order valence-electron chi connectivity index (χ0n) is 26.9. The van der Waals surface area contributed by atoms with Gasteiger partial charge in [0.25, 0.3) is 15.9 Å². The Balaban J connectivity index is 1.64. The van der Waals surface area contributed by atoms with Crippen LogP contribution in [0.3, 0.4) is 0 Å². The molecule has 0 aliphatic carbocycles. The van der Waals surface area contributed by atoms with E-state index in [9.17, 15) is 18.3 Å². The summed E-state index contributed by atoms with van der Waals surface area (Å²) in [5, 5.41) is 10.1. The number of aliphatic hydroxyl groups excluding tert-OH is 1. The molecule has 0 saturated heterocycles. The number of hydrogen-bond acceptors (Lipinski definition) is 8. The van der Waals surface area contributed by atoms with E-state index < -0.39 is 16.1 Å². The van der Waals surface area contributed by atoms with Gasteiger partial charge >= 0.3 is 0 Å². The third kappa shape index (κ3) is 9.52. The number of aliphatic hydroxyl groups is 1. The van der Waals surface area contributed by atoms with Crippen molar-refractivity contribution in [2.45, 2.75) is 69.9 Å². The first-order chi connectivity index (χ1) is 21.5.